The fourth-order valence-electron chi connectivity index (χ4n) is 3.14. The van der Waals surface area contributed by atoms with E-state index in [1.807, 2.05) is 37.3 Å². The molecule has 0 aliphatic rings. The molecule has 0 aromatic heterocycles. The molecule has 0 aliphatic heterocycles. The third-order valence-electron chi connectivity index (χ3n) is 4.79. The van der Waals surface area contributed by atoms with Crippen LogP contribution in [0, 0.1) is 27.7 Å². The van der Waals surface area contributed by atoms with Crippen LogP contribution >= 0.6 is 0 Å². The average Bonchev–Trinajstić information content (AvgIpc) is 2.56. The van der Waals surface area contributed by atoms with Crippen LogP contribution in [-0.4, -0.2) is 0 Å². The van der Waals surface area contributed by atoms with Gasteiger partial charge in [-0.1, -0.05) is 36.4 Å². The van der Waals surface area contributed by atoms with E-state index in [9.17, 15) is 13.2 Å². The molecule has 0 spiro atoms. The number of aryl methyl sites for hydroxylation is 4. The lowest BCUT2D eigenvalue weighted by Gasteiger charge is -2.14. The summed E-state index contributed by atoms with van der Waals surface area (Å²) in [6, 6.07) is 16.4. The molecule has 0 saturated carbocycles. The monoisotopic (exact) mass is 354 g/mol. The van der Waals surface area contributed by atoms with Gasteiger partial charge in [0.25, 0.3) is 0 Å². The predicted octanol–water partition coefficient (Wildman–Crippen LogP) is 7.27. The van der Waals surface area contributed by atoms with E-state index in [2.05, 4.69) is 26.0 Å². The van der Waals surface area contributed by atoms with Crippen LogP contribution in [0.3, 0.4) is 0 Å². The number of halogens is 3. The molecule has 0 aliphatic carbocycles. The summed E-state index contributed by atoms with van der Waals surface area (Å²) in [5, 5.41) is 0. The van der Waals surface area contributed by atoms with Gasteiger partial charge in [-0.25, -0.2) is 0 Å². The smallest absolute Gasteiger partial charge is 0.166 e. The van der Waals surface area contributed by atoms with Crippen LogP contribution in [0.5, 0.6) is 0 Å². The summed E-state index contributed by atoms with van der Waals surface area (Å²) in [6.45, 7) is 7.74. The van der Waals surface area contributed by atoms with Gasteiger partial charge in [0.1, 0.15) is 0 Å². The first-order chi connectivity index (χ1) is 12.1. The summed E-state index contributed by atoms with van der Waals surface area (Å²) >= 11 is 0. The fourth-order valence-corrected chi connectivity index (χ4v) is 3.14. The minimum absolute atomic E-state index is 0.598. The fraction of sp³-hybridized carbons (Fsp3) is 0.217. The van der Waals surface area contributed by atoms with Crippen molar-refractivity contribution in [1.82, 2.24) is 0 Å². The van der Waals surface area contributed by atoms with Gasteiger partial charge in [-0.3, -0.25) is 0 Å². The van der Waals surface area contributed by atoms with Crippen molar-refractivity contribution in [3.8, 4) is 22.3 Å². The van der Waals surface area contributed by atoms with Crippen molar-refractivity contribution in [2.24, 2.45) is 0 Å². The molecular weight excluding hydrogens is 333 g/mol. The van der Waals surface area contributed by atoms with Gasteiger partial charge in [-0.15, -0.1) is 0 Å². The van der Waals surface area contributed by atoms with E-state index in [-0.39, 0.29) is 0 Å². The number of alkyl halides is 3. The van der Waals surface area contributed by atoms with Crippen LogP contribution < -0.4 is 0 Å². The lowest BCUT2D eigenvalue weighted by atomic mass is 9.92. The Bertz CT molecular complexity index is 966. The molecule has 0 fully saturated rings. The van der Waals surface area contributed by atoms with Crippen molar-refractivity contribution in [2.75, 3.05) is 0 Å². The molecule has 26 heavy (non-hydrogen) atoms. The highest BCUT2D eigenvalue weighted by atomic mass is 19.4. The van der Waals surface area contributed by atoms with Crippen molar-refractivity contribution >= 4 is 0 Å². The molecule has 0 N–H and O–H groups in total. The Hall–Kier alpha value is -2.55. The highest BCUT2D eigenvalue weighted by Gasteiger charge is 2.31. The van der Waals surface area contributed by atoms with Gasteiger partial charge in [-0.05, 0) is 90.4 Å². The van der Waals surface area contributed by atoms with Crippen LogP contribution in [0.1, 0.15) is 27.8 Å². The van der Waals surface area contributed by atoms with Gasteiger partial charge < -0.3 is 0 Å². The molecule has 3 rings (SSSR count). The Morgan fingerprint density at radius 3 is 1.81 bits per heavy atom. The second-order valence-corrected chi connectivity index (χ2v) is 6.91. The SMILES string of the molecule is Cc1cc(-c2cc(-c3ccc(C)c(C)c3)ccc2C)cc(C(F)(F)F)c1. The summed E-state index contributed by atoms with van der Waals surface area (Å²) in [5.74, 6) is 0. The van der Waals surface area contributed by atoms with Crippen LogP contribution in [0.4, 0.5) is 13.2 Å². The zero-order valence-electron chi connectivity index (χ0n) is 15.3. The molecule has 134 valence electrons. The quantitative estimate of drug-likeness (QED) is 0.454. The largest absolute Gasteiger partial charge is 0.416 e. The number of hydrogen-bond acceptors (Lipinski definition) is 0. The van der Waals surface area contributed by atoms with E-state index in [1.165, 1.54) is 23.3 Å². The first-order valence-electron chi connectivity index (χ1n) is 8.53. The minimum Gasteiger partial charge on any atom is -0.166 e. The Kier molecular flexibility index (Phi) is 4.66. The van der Waals surface area contributed by atoms with Crippen molar-refractivity contribution < 1.29 is 13.2 Å². The zero-order valence-corrected chi connectivity index (χ0v) is 15.3. The van der Waals surface area contributed by atoms with E-state index < -0.39 is 11.7 Å². The molecule has 3 aromatic rings. The third kappa shape index (κ3) is 3.67. The van der Waals surface area contributed by atoms with Gasteiger partial charge in [0.2, 0.25) is 0 Å². The highest BCUT2D eigenvalue weighted by Crippen LogP contribution is 2.36. The topological polar surface area (TPSA) is 0 Å². The average molecular weight is 354 g/mol. The molecule has 0 nitrogen and oxygen atoms in total. The maximum absolute atomic E-state index is 13.2. The molecule has 0 amide bonds. The molecule has 0 saturated heterocycles. The number of hydrogen-bond donors (Lipinski definition) is 0. The predicted molar refractivity (Wildman–Crippen MR) is 101 cm³/mol. The molecule has 3 aromatic carbocycles. The summed E-state index contributed by atoms with van der Waals surface area (Å²) in [7, 11) is 0. The molecule has 0 atom stereocenters. The number of rotatable bonds is 2. The molecule has 0 unspecified atom stereocenters. The minimum atomic E-state index is -4.35. The summed E-state index contributed by atoms with van der Waals surface area (Å²) in [6.07, 6.45) is -4.35. The summed E-state index contributed by atoms with van der Waals surface area (Å²) < 4.78 is 39.6. The first kappa shape index (κ1) is 18.2. The highest BCUT2D eigenvalue weighted by molar-refractivity contribution is 5.76. The van der Waals surface area contributed by atoms with E-state index >= 15 is 0 Å². The summed E-state index contributed by atoms with van der Waals surface area (Å²) in [4.78, 5) is 0. The van der Waals surface area contributed by atoms with Gasteiger partial charge in [0.15, 0.2) is 0 Å². The Labute approximate surface area is 152 Å². The molecule has 3 heteroatoms. The third-order valence-corrected chi connectivity index (χ3v) is 4.79. The zero-order chi connectivity index (χ0) is 19.1. The lowest BCUT2D eigenvalue weighted by Crippen LogP contribution is -2.05. The van der Waals surface area contributed by atoms with Crippen LogP contribution in [0.2, 0.25) is 0 Å². The van der Waals surface area contributed by atoms with Crippen LogP contribution in [-0.2, 0) is 6.18 Å². The van der Waals surface area contributed by atoms with Crippen molar-refractivity contribution in [1.29, 1.82) is 0 Å². The number of benzene rings is 3. The van der Waals surface area contributed by atoms with E-state index in [4.69, 9.17) is 0 Å². The second kappa shape index (κ2) is 6.64. The van der Waals surface area contributed by atoms with Crippen molar-refractivity contribution in [2.45, 2.75) is 33.9 Å². The normalized spacial score (nSPS) is 11.7. The van der Waals surface area contributed by atoms with Gasteiger partial charge in [0, 0.05) is 0 Å². The second-order valence-electron chi connectivity index (χ2n) is 6.91. The van der Waals surface area contributed by atoms with Gasteiger partial charge in [-0.2, -0.15) is 13.2 Å². The summed E-state index contributed by atoms with van der Waals surface area (Å²) in [5.41, 5.74) is 6.86. The Morgan fingerprint density at radius 1 is 0.577 bits per heavy atom. The van der Waals surface area contributed by atoms with Crippen LogP contribution in [0.15, 0.2) is 54.6 Å². The Balaban J connectivity index is 2.14. The molecule has 0 bridgehead atoms. The van der Waals surface area contributed by atoms with Gasteiger partial charge in [0.05, 0.1) is 5.56 Å². The van der Waals surface area contributed by atoms with Crippen molar-refractivity contribution in [3.05, 3.63) is 82.4 Å². The van der Waals surface area contributed by atoms with Crippen LogP contribution in [0.25, 0.3) is 22.3 Å². The van der Waals surface area contributed by atoms with E-state index in [0.717, 1.165) is 22.3 Å². The molecule has 0 radical (unpaired) electrons. The first-order valence-corrected chi connectivity index (χ1v) is 8.53. The van der Waals surface area contributed by atoms with E-state index in [1.54, 1.807) is 6.92 Å². The lowest BCUT2D eigenvalue weighted by molar-refractivity contribution is -0.137. The van der Waals surface area contributed by atoms with Crippen molar-refractivity contribution in [3.63, 3.8) is 0 Å². The Morgan fingerprint density at radius 2 is 1.19 bits per heavy atom. The van der Waals surface area contributed by atoms with Gasteiger partial charge >= 0.3 is 6.18 Å². The maximum atomic E-state index is 13.2. The standard InChI is InChI=1S/C23H21F3/c1-14-9-20(12-21(10-14)23(24,25)26)22-13-19(8-6-16(22)3)18-7-5-15(2)17(4)11-18/h5-13H,1-4H3. The maximum Gasteiger partial charge on any atom is 0.416 e. The molecular formula is C23H21F3. The van der Waals surface area contributed by atoms with E-state index in [0.29, 0.717) is 11.1 Å². The molecule has 0 heterocycles.